The van der Waals surface area contributed by atoms with Gasteiger partial charge in [-0.1, -0.05) is 53.0 Å². The van der Waals surface area contributed by atoms with Crippen LogP contribution in [-0.2, 0) is 6.54 Å². The molecule has 0 atom stereocenters. The molecule has 2 aromatic carbocycles. The second kappa shape index (κ2) is 7.56. The first-order valence-corrected chi connectivity index (χ1v) is 8.14. The molecule has 0 saturated heterocycles. The molecule has 0 unspecified atom stereocenters. The average molecular weight is 360 g/mol. The van der Waals surface area contributed by atoms with E-state index in [-0.39, 0.29) is 0 Å². The summed E-state index contributed by atoms with van der Waals surface area (Å²) in [6, 6.07) is 13.2. The van der Waals surface area contributed by atoms with E-state index < -0.39 is 0 Å². The molecule has 118 valence electrons. The van der Waals surface area contributed by atoms with Crippen LogP contribution in [0.1, 0.15) is 5.56 Å². The highest BCUT2D eigenvalue weighted by molar-refractivity contribution is 6.35. The zero-order valence-corrected chi connectivity index (χ0v) is 14.9. The van der Waals surface area contributed by atoms with Crippen LogP contribution in [0.15, 0.2) is 42.5 Å². The lowest BCUT2D eigenvalue weighted by molar-refractivity contribution is -0.903. The van der Waals surface area contributed by atoms with Gasteiger partial charge in [-0.15, -0.1) is 0 Å². The van der Waals surface area contributed by atoms with Crippen molar-refractivity contribution < 1.29 is 9.22 Å². The number of benzene rings is 2. The summed E-state index contributed by atoms with van der Waals surface area (Å²) in [6.45, 7) is 2.25. The predicted octanol–water partition coefficient (Wildman–Crippen LogP) is 5.30. The number of hydrogen-bond acceptors (Lipinski definition) is 1. The van der Waals surface area contributed by atoms with E-state index in [2.05, 4.69) is 20.2 Å². The van der Waals surface area contributed by atoms with Gasteiger partial charge in [-0.05, 0) is 24.3 Å². The van der Waals surface area contributed by atoms with Crippen molar-refractivity contribution in [3.8, 4) is 5.75 Å². The predicted molar refractivity (Wildman–Crippen MR) is 94.1 cm³/mol. The molecule has 0 bridgehead atoms. The minimum absolute atomic E-state index is 0.531. The molecule has 0 aliphatic rings. The third kappa shape index (κ3) is 5.06. The van der Waals surface area contributed by atoms with Crippen LogP contribution in [-0.4, -0.2) is 31.7 Å². The topological polar surface area (TPSA) is 9.23 Å². The van der Waals surface area contributed by atoms with Gasteiger partial charge in [0.2, 0.25) is 0 Å². The van der Waals surface area contributed by atoms with Gasteiger partial charge >= 0.3 is 0 Å². The van der Waals surface area contributed by atoms with Crippen molar-refractivity contribution in [2.45, 2.75) is 6.54 Å². The highest BCUT2D eigenvalue weighted by Gasteiger charge is 2.18. The molecule has 2 rings (SSSR count). The van der Waals surface area contributed by atoms with Crippen LogP contribution in [0.5, 0.6) is 5.75 Å². The summed E-state index contributed by atoms with van der Waals surface area (Å²) in [5.41, 5.74) is 1.14. The molecule has 22 heavy (non-hydrogen) atoms. The molecule has 0 aliphatic heterocycles. The van der Waals surface area contributed by atoms with Crippen LogP contribution in [0.25, 0.3) is 0 Å². The fraction of sp³-hybridized carbons (Fsp3) is 0.294. The molecule has 0 heterocycles. The maximum atomic E-state index is 6.22. The highest BCUT2D eigenvalue weighted by Crippen LogP contribution is 2.27. The maximum Gasteiger partial charge on any atom is 0.138 e. The van der Waals surface area contributed by atoms with Crippen LogP contribution in [0.3, 0.4) is 0 Å². The summed E-state index contributed by atoms with van der Waals surface area (Å²) in [5, 5.41) is 1.94. The first kappa shape index (κ1) is 17.4. The van der Waals surface area contributed by atoms with Crippen molar-refractivity contribution in [3.05, 3.63) is 63.1 Å². The van der Waals surface area contributed by atoms with Gasteiger partial charge in [-0.3, -0.25) is 0 Å². The van der Waals surface area contributed by atoms with Gasteiger partial charge in [0.25, 0.3) is 0 Å². The van der Waals surface area contributed by atoms with Crippen LogP contribution >= 0.6 is 34.8 Å². The Hall–Kier alpha value is -0.930. The normalized spacial score (nSPS) is 11.5. The molecule has 0 spiro atoms. The number of hydrogen-bond donors (Lipinski definition) is 0. The Morgan fingerprint density at radius 3 is 2.36 bits per heavy atom. The molecule has 0 aliphatic carbocycles. The number of rotatable bonds is 6. The summed E-state index contributed by atoms with van der Waals surface area (Å²) in [5.74, 6) is 0.656. The fourth-order valence-electron chi connectivity index (χ4n) is 2.16. The number of ether oxygens (including phenoxy) is 1. The second-order valence-corrected chi connectivity index (χ2v) is 7.08. The van der Waals surface area contributed by atoms with Crippen molar-refractivity contribution in [1.29, 1.82) is 0 Å². The van der Waals surface area contributed by atoms with E-state index in [1.165, 1.54) is 0 Å². The lowest BCUT2D eigenvalue weighted by Crippen LogP contribution is -2.42. The largest absolute Gasteiger partial charge is 0.486 e. The minimum Gasteiger partial charge on any atom is -0.486 e. The Kier molecular flexibility index (Phi) is 5.99. The standard InChI is InChI=1S/C17H19Cl3NO/c1-21(2,12-13-5-3-4-6-15(13)19)9-10-22-17-8-7-14(18)11-16(17)20/h3-8,11H,9-10,12H2,1-2H3/q+1. The Morgan fingerprint density at radius 1 is 0.955 bits per heavy atom. The van der Waals surface area contributed by atoms with E-state index in [1.54, 1.807) is 18.2 Å². The molecule has 0 amide bonds. The first-order valence-electron chi connectivity index (χ1n) is 7.01. The van der Waals surface area contributed by atoms with Gasteiger partial charge in [0, 0.05) is 15.6 Å². The highest BCUT2D eigenvalue weighted by atomic mass is 35.5. The molecular weight excluding hydrogens is 341 g/mol. The summed E-state index contributed by atoms with van der Waals surface area (Å²) < 4.78 is 6.53. The van der Waals surface area contributed by atoms with Crippen LogP contribution in [0.2, 0.25) is 15.1 Å². The van der Waals surface area contributed by atoms with E-state index in [9.17, 15) is 0 Å². The van der Waals surface area contributed by atoms with Crippen LogP contribution in [0, 0.1) is 0 Å². The molecular formula is C17H19Cl3NO+. The molecule has 2 nitrogen and oxygen atoms in total. The zero-order valence-electron chi connectivity index (χ0n) is 12.7. The third-order valence-electron chi connectivity index (χ3n) is 3.40. The molecule has 2 aromatic rings. The lowest BCUT2D eigenvalue weighted by Gasteiger charge is -2.30. The lowest BCUT2D eigenvalue weighted by atomic mass is 10.2. The summed E-state index contributed by atoms with van der Waals surface area (Å²) in [4.78, 5) is 0. The molecule has 0 N–H and O–H groups in total. The Labute approximate surface area is 146 Å². The van der Waals surface area contributed by atoms with E-state index in [4.69, 9.17) is 39.5 Å². The molecule has 5 heteroatoms. The Balaban J connectivity index is 1.91. The van der Waals surface area contributed by atoms with E-state index in [1.807, 2.05) is 18.2 Å². The number of quaternary nitrogens is 1. The third-order valence-corrected chi connectivity index (χ3v) is 4.30. The fourth-order valence-corrected chi connectivity index (χ4v) is 2.82. The number of halogens is 3. The van der Waals surface area contributed by atoms with Gasteiger partial charge in [-0.2, -0.15) is 0 Å². The summed E-state index contributed by atoms with van der Waals surface area (Å²) in [6.07, 6.45) is 0. The van der Waals surface area contributed by atoms with Crippen molar-refractivity contribution >= 4 is 34.8 Å². The molecule has 0 radical (unpaired) electrons. The molecule has 0 aromatic heterocycles. The monoisotopic (exact) mass is 358 g/mol. The van der Waals surface area contributed by atoms with Crippen molar-refractivity contribution in [2.24, 2.45) is 0 Å². The molecule has 0 fully saturated rings. The van der Waals surface area contributed by atoms with E-state index in [0.29, 0.717) is 22.4 Å². The Bertz CT molecular complexity index is 644. The first-order chi connectivity index (χ1) is 10.4. The SMILES string of the molecule is C[N+](C)(CCOc1ccc(Cl)cc1Cl)Cc1ccccc1Cl. The van der Waals surface area contributed by atoms with Crippen LogP contribution < -0.4 is 4.74 Å². The summed E-state index contributed by atoms with van der Waals surface area (Å²) >= 11 is 18.2. The summed E-state index contributed by atoms with van der Waals surface area (Å²) in [7, 11) is 4.30. The zero-order chi connectivity index (χ0) is 16.2. The van der Waals surface area contributed by atoms with Gasteiger partial charge in [0.1, 0.15) is 25.4 Å². The molecule has 0 saturated carbocycles. The van der Waals surface area contributed by atoms with E-state index in [0.717, 1.165) is 28.2 Å². The van der Waals surface area contributed by atoms with E-state index >= 15 is 0 Å². The minimum atomic E-state index is 0.531. The second-order valence-electron chi connectivity index (χ2n) is 5.83. The van der Waals surface area contributed by atoms with Crippen molar-refractivity contribution in [3.63, 3.8) is 0 Å². The van der Waals surface area contributed by atoms with Crippen molar-refractivity contribution in [1.82, 2.24) is 0 Å². The average Bonchev–Trinajstić information content (AvgIpc) is 2.43. The van der Waals surface area contributed by atoms with Gasteiger partial charge in [0.15, 0.2) is 0 Å². The van der Waals surface area contributed by atoms with Crippen LogP contribution in [0.4, 0.5) is 0 Å². The van der Waals surface area contributed by atoms with Gasteiger partial charge in [-0.25, -0.2) is 0 Å². The number of nitrogens with zero attached hydrogens (tertiary/aromatic N) is 1. The van der Waals surface area contributed by atoms with Gasteiger partial charge in [0.05, 0.1) is 19.1 Å². The smallest absolute Gasteiger partial charge is 0.138 e. The maximum absolute atomic E-state index is 6.22. The quantitative estimate of drug-likeness (QED) is 0.636. The van der Waals surface area contributed by atoms with Gasteiger partial charge < -0.3 is 9.22 Å². The van der Waals surface area contributed by atoms with Crippen molar-refractivity contribution in [2.75, 3.05) is 27.2 Å². The number of likely N-dealkylation sites (N-methyl/N-ethyl adjacent to an activating group) is 1. The Morgan fingerprint density at radius 2 is 1.68 bits per heavy atom.